The van der Waals surface area contributed by atoms with E-state index in [4.69, 9.17) is 0 Å². The molecule has 1 unspecified atom stereocenters. The molecule has 0 N–H and O–H groups in total. The zero-order valence-electron chi connectivity index (χ0n) is 9.05. The minimum atomic E-state index is 0.866. The molecule has 0 radical (unpaired) electrons. The Morgan fingerprint density at radius 2 is 2.15 bits per heavy atom. The Morgan fingerprint density at radius 3 is 2.85 bits per heavy atom. The van der Waals surface area contributed by atoms with Crippen molar-refractivity contribution >= 4 is 0 Å². The third-order valence-corrected chi connectivity index (χ3v) is 2.84. The molecule has 0 aliphatic heterocycles. The summed E-state index contributed by atoms with van der Waals surface area (Å²) in [5.41, 5.74) is 1.69. The first-order valence-electron chi connectivity index (χ1n) is 5.74. The first-order valence-corrected chi connectivity index (χ1v) is 5.74. The van der Waals surface area contributed by atoms with E-state index in [0.29, 0.717) is 0 Å². The Balaban J connectivity index is 2.43. The largest absolute Gasteiger partial charge is 0.0839 e. The molecule has 0 heteroatoms. The molecule has 0 aromatic carbocycles. The molecular weight excluding hydrogens is 156 g/mol. The van der Waals surface area contributed by atoms with E-state index in [2.05, 4.69) is 32.1 Å². The summed E-state index contributed by atoms with van der Waals surface area (Å²) in [4.78, 5) is 0. The molecule has 0 fully saturated rings. The van der Waals surface area contributed by atoms with Crippen LogP contribution < -0.4 is 0 Å². The van der Waals surface area contributed by atoms with Crippen molar-refractivity contribution < 1.29 is 0 Å². The summed E-state index contributed by atoms with van der Waals surface area (Å²) >= 11 is 0. The molecule has 1 aliphatic rings. The number of unbranched alkanes of at least 4 members (excludes halogenated alkanes) is 1. The molecule has 74 valence electrons. The number of rotatable bonds is 5. The summed E-state index contributed by atoms with van der Waals surface area (Å²) in [6, 6.07) is 0. The highest BCUT2D eigenvalue weighted by Crippen LogP contribution is 2.28. The van der Waals surface area contributed by atoms with Crippen molar-refractivity contribution in [2.45, 2.75) is 52.4 Å². The molecule has 0 spiro atoms. The second kappa shape index (κ2) is 6.01. The second-order valence-corrected chi connectivity index (χ2v) is 3.99. The van der Waals surface area contributed by atoms with E-state index < -0.39 is 0 Å². The van der Waals surface area contributed by atoms with Crippen LogP contribution in [0.4, 0.5) is 0 Å². The minimum Gasteiger partial charge on any atom is -0.0839 e. The lowest BCUT2D eigenvalue weighted by Crippen LogP contribution is -2.05. The van der Waals surface area contributed by atoms with Crippen LogP contribution in [0.2, 0.25) is 0 Å². The molecule has 0 heterocycles. The monoisotopic (exact) mass is 178 g/mol. The molecule has 13 heavy (non-hydrogen) atoms. The third kappa shape index (κ3) is 3.38. The lowest BCUT2D eigenvalue weighted by atomic mass is 9.85. The second-order valence-electron chi connectivity index (χ2n) is 3.99. The summed E-state index contributed by atoms with van der Waals surface area (Å²) in [6.45, 7) is 4.55. The van der Waals surface area contributed by atoms with Gasteiger partial charge in [-0.3, -0.25) is 0 Å². The maximum Gasteiger partial charge on any atom is -0.0165 e. The Morgan fingerprint density at radius 1 is 1.31 bits per heavy atom. The van der Waals surface area contributed by atoms with Gasteiger partial charge < -0.3 is 0 Å². The van der Waals surface area contributed by atoms with Crippen LogP contribution >= 0.6 is 0 Å². The van der Waals surface area contributed by atoms with Crippen LogP contribution in [0.3, 0.4) is 0 Å². The van der Waals surface area contributed by atoms with E-state index in [1.165, 1.54) is 38.5 Å². The van der Waals surface area contributed by atoms with Crippen LogP contribution in [0.15, 0.2) is 23.8 Å². The summed E-state index contributed by atoms with van der Waals surface area (Å²) in [5, 5.41) is 0. The number of allylic oxidation sites excluding steroid dienone is 4. The van der Waals surface area contributed by atoms with E-state index in [1.54, 1.807) is 5.57 Å². The SMILES string of the molecule is CCCCC1CC=CC=C1CCC. The fourth-order valence-electron chi connectivity index (χ4n) is 2.05. The minimum absolute atomic E-state index is 0.866. The van der Waals surface area contributed by atoms with Gasteiger partial charge in [0, 0.05) is 0 Å². The molecule has 1 rings (SSSR count). The molecular formula is C13H22. The van der Waals surface area contributed by atoms with Crippen molar-refractivity contribution in [2.24, 2.45) is 5.92 Å². The van der Waals surface area contributed by atoms with E-state index in [9.17, 15) is 0 Å². The summed E-state index contributed by atoms with van der Waals surface area (Å²) in [5.74, 6) is 0.866. The Bertz CT molecular complexity index is 186. The predicted molar refractivity (Wildman–Crippen MR) is 59.8 cm³/mol. The van der Waals surface area contributed by atoms with Crippen molar-refractivity contribution in [3.63, 3.8) is 0 Å². The van der Waals surface area contributed by atoms with Crippen LogP contribution in [0.25, 0.3) is 0 Å². The highest BCUT2D eigenvalue weighted by molar-refractivity contribution is 5.20. The first kappa shape index (κ1) is 10.6. The van der Waals surface area contributed by atoms with E-state index >= 15 is 0 Å². The molecule has 1 atom stereocenters. The van der Waals surface area contributed by atoms with Gasteiger partial charge in [-0.2, -0.15) is 0 Å². The normalized spacial score (nSPS) is 21.7. The zero-order chi connectivity index (χ0) is 9.52. The smallest absolute Gasteiger partial charge is 0.0165 e. The van der Waals surface area contributed by atoms with Crippen LogP contribution in [-0.2, 0) is 0 Å². The number of hydrogen-bond donors (Lipinski definition) is 0. The Kier molecular flexibility index (Phi) is 4.88. The molecule has 0 nitrogen and oxygen atoms in total. The van der Waals surface area contributed by atoms with E-state index in [1.807, 2.05) is 0 Å². The Labute approximate surface area is 82.7 Å². The molecule has 0 saturated carbocycles. The van der Waals surface area contributed by atoms with Crippen molar-refractivity contribution in [3.05, 3.63) is 23.8 Å². The lowest BCUT2D eigenvalue weighted by molar-refractivity contribution is 0.513. The molecule has 0 saturated heterocycles. The maximum atomic E-state index is 2.34. The molecule has 0 aromatic heterocycles. The van der Waals surface area contributed by atoms with Gasteiger partial charge >= 0.3 is 0 Å². The van der Waals surface area contributed by atoms with Gasteiger partial charge in [-0.1, -0.05) is 56.9 Å². The van der Waals surface area contributed by atoms with Crippen LogP contribution in [0, 0.1) is 5.92 Å². The van der Waals surface area contributed by atoms with Crippen molar-refractivity contribution in [2.75, 3.05) is 0 Å². The fraction of sp³-hybridized carbons (Fsp3) is 0.692. The van der Waals surface area contributed by atoms with Gasteiger partial charge in [0.2, 0.25) is 0 Å². The van der Waals surface area contributed by atoms with Crippen molar-refractivity contribution in [3.8, 4) is 0 Å². The van der Waals surface area contributed by atoms with Gasteiger partial charge in [-0.15, -0.1) is 0 Å². The highest BCUT2D eigenvalue weighted by Gasteiger charge is 2.13. The topological polar surface area (TPSA) is 0 Å². The average Bonchev–Trinajstić information content (AvgIpc) is 2.17. The maximum absolute atomic E-state index is 2.34. The van der Waals surface area contributed by atoms with Crippen molar-refractivity contribution in [1.29, 1.82) is 0 Å². The average molecular weight is 178 g/mol. The Hall–Kier alpha value is -0.520. The van der Waals surface area contributed by atoms with Crippen LogP contribution in [0.5, 0.6) is 0 Å². The van der Waals surface area contributed by atoms with Gasteiger partial charge in [0.1, 0.15) is 0 Å². The number of hydrogen-bond acceptors (Lipinski definition) is 0. The fourth-order valence-corrected chi connectivity index (χ4v) is 2.05. The van der Waals surface area contributed by atoms with E-state index in [0.717, 1.165) is 5.92 Å². The standard InChI is InChI=1S/C13H22/c1-3-5-9-13-11-7-6-10-12(13)8-4-2/h6-7,10,13H,3-5,8-9,11H2,1-2H3. The highest BCUT2D eigenvalue weighted by atomic mass is 14.2. The summed E-state index contributed by atoms with van der Waals surface area (Å²) in [7, 11) is 0. The van der Waals surface area contributed by atoms with Gasteiger partial charge in [0.15, 0.2) is 0 Å². The molecule has 0 amide bonds. The van der Waals surface area contributed by atoms with Crippen LogP contribution in [0.1, 0.15) is 52.4 Å². The zero-order valence-corrected chi connectivity index (χ0v) is 9.05. The lowest BCUT2D eigenvalue weighted by Gasteiger charge is -2.20. The summed E-state index contributed by atoms with van der Waals surface area (Å²) in [6.07, 6.45) is 14.9. The quantitative estimate of drug-likeness (QED) is 0.582. The molecule has 0 aromatic rings. The van der Waals surface area contributed by atoms with Gasteiger partial charge in [0.05, 0.1) is 0 Å². The van der Waals surface area contributed by atoms with Crippen LogP contribution in [-0.4, -0.2) is 0 Å². The van der Waals surface area contributed by atoms with Gasteiger partial charge in [-0.25, -0.2) is 0 Å². The summed E-state index contributed by atoms with van der Waals surface area (Å²) < 4.78 is 0. The molecule has 1 aliphatic carbocycles. The van der Waals surface area contributed by atoms with Crippen molar-refractivity contribution in [1.82, 2.24) is 0 Å². The predicted octanol–water partition coefficient (Wildman–Crippen LogP) is 4.48. The third-order valence-electron chi connectivity index (χ3n) is 2.84. The van der Waals surface area contributed by atoms with Gasteiger partial charge in [-0.05, 0) is 25.2 Å². The van der Waals surface area contributed by atoms with E-state index in [-0.39, 0.29) is 0 Å². The molecule has 0 bridgehead atoms. The van der Waals surface area contributed by atoms with Gasteiger partial charge in [0.25, 0.3) is 0 Å². The first-order chi connectivity index (χ1) is 6.38.